The molecule has 4 nitrogen and oxygen atoms in total. The van der Waals surface area contributed by atoms with Crippen molar-refractivity contribution in [3.63, 3.8) is 0 Å². The quantitative estimate of drug-likeness (QED) is 0.641. The zero-order valence-corrected chi connectivity index (χ0v) is 17.7. The lowest BCUT2D eigenvalue weighted by Crippen LogP contribution is -2.41. The Morgan fingerprint density at radius 3 is 2.10 bits per heavy atom. The lowest BCUT2D eigenvalue weighted by Gasteiger charge is -2.29. The van der Waals surface area contributed by atoms with Crippen LogP contribution < -0.4 is 9.80 Å². The summed E-state index contributed by atoms with van der Waals surface area (Å²) in [5, 5.41) is -0.364. The maximum Gasteiger partial charge on any atom is 0.417 e. The Kier molecular flexibility index (Phi) is 7.54. The van der Waals surface area contributed by atoms with Crippen LogP contribution in [0.25, 0.3) is 0 Å². The molecule has 158 valence electrons. The first-order chi connectivity index (χ1) is 13.5. The summed E-state index contributed by atoms with van der Waals surface area (Å²) in [6.07, 6.45) is -4.57. The molecule has 0 atom stereocenters. The maximum atomic E-state index is 13.3. The second-order valence-electron chi connectivity index (χ2n) is 7.18. The van der Waals surface area contributed by atoms with E-state index in [-0.39, 0.29) is 17.5 Å². The summed E-state index contributed by atoms with van der Waals surface area (Å²) >= 11 is 5.74. The van der Waals surface area contributed by atoms with Gasteiger partial charge in [-0.25, -0.2) is 0 Å². The van der Waals surface area contributed by atoms with Crippen LogP contribution in [0.4, 0.5) is 24.5 Å². The van der Waals surface area contributed by atoms with Gasteiger partial charge in [0.1, 0.15) is 0 Å². The summed E-state index contributed by atoms with van der Waals surface area (Å²) < 4.78 is 39.8. The van der Waals surface area contributed by atoms with Crippen LogP contribution >= 0.6 is 11.6 Å². The van der Waals surface area contributed by atoms with Crippen LogP contribution in [-0.2, 0) is 11.0 Å². The lowest BCUT2D eigenvalue weighted by atomic mass is 10.1. The third-order valence-corrected chi connectivity index (χ3v) is 4.89. The monoisotopic (exact) mass is 427 g/mol. The average Bonchev–Trinajstić information content (AvgIpc) is 2.64. The van der Waals surface area contributed by atoms with Gasteiger partial charge in [0.25, 0.3) is 0 Å². The Labute approximate surface area is 174 Å². The van der Waals surface area contributed by atoms with E-state index >= 15 is 0 Å². The van der Waals surface area contributed by atoms with E-state index in [1.165, 1.54) is 17.0 Å². The fourth-order valence-corrected chi connectivity index (χ4v) is 2.95. The van der Waals surface area contributed by atoms with Crippen molar-refractivity contribution < 1.29 is 18.0 Å². The molecule has 29 heavy (non-hydrogen) atoms. The number of alkyl halides is 3. The highest BCUT2D eigenvalue weighted by atomic mass is 35.5. The molecule has 1 amide bonds. The molecule has 0 radical (unpaired) electrons. The molecule has 0 spiro atoms. The molecule has 2 aromatic carbocycles. The van der Waals surface area contributed by atoms with Gasteiger partial charge in [-0.05, 0) is 51.4 Å². The van der Waals surface area contributed by atoms with Gasteiger partial charge in [0, 0.05) is 31.5 Å². The summed E-state index contributed by atoms with van der Waals surface area (Å²) in [7, 11) is 5.38. The van der Waals surface area contributed by atoms with Crippen LogP contribution in [0.2, 0.25) is 5.02 Å². The molecule has 0 saturated carbocycles. The molecule has 0 saturated heterocycles. The fraction of sp³-hybridized carbons (Fsp3) is 0.381. The summed E-state index contributed by atoms with van der Waals surface area (Å²) in [5.41, 5.74) is 1.18. The van der Waals surface area contributed by atoms with Crippen LogP contribution in [0.15, 0.2) is 42.5 Å². The zero-order chi connectivity index (χ0) is 21.8. The number of nitrogens with zero attached hydrogens (tertiary/aromatic N) is 3. The van der Waals surface area contributed by atoms with Gasteiger partial charge in [0.15, 0.2) is 0 Å². The van der Waals surface area contributed by atoms with Crippen LogP contribution in [0.1, 0.15) is 11.1 Å². The molecule has 0 bridgehead atoms. The number of carbonyl (C=O) groups is 1. The SMILES string of the molecule is Cc1ccc(N(C)C(=O)CN(CCN(C)C)c2ccc(Cl)c(C(F)(F)F)c2)cc1. The number of benzene rings is 2. The van der Waals surface area contributed by atoms with Gasteiger partial charge < -0.3 is 14.7 Å². The number of hydrogen-bond acceptors (Lipinski definition) is 3. The van der Waals surface area contributed by atoms with Crippen LogP contribution in [0.5, 0.6) is 0 Å². The number of likely N-dealkylation sites (N-methyl/N-ethyl adjacent to an activating group) is 2. The molecule has 0 aromatic heterocycles. The van der Waals surface area contributed by atoms with Gasteiger partial charge in [-0.15, -0.1) is 0 Å². The molecule has 0 unspecified atom stereocenters. The summed E-state index contributed by atoms with van der Waals surface area (Å²) in [6.45, 7) is 2.86. The minimum absolute atomic E-state index is 0.0584. The number of carbonyl (C=O) groups excluding carboxylic acids is 1. The molecule has 2 rings (SSSR count). The second kappa shape index (κ2) is 9.50. The predicted molar refractivity (Wildman–Crippen MR) is 112 cm³/mol. The molecule has 2 aromatic rings. The Morgan fingerprint density at radius 2 is 1.55 bits per heavy atom. The minimum atomic E-state index is -4.57. The molecule has 0 aliphatic rings. The highest BCUT2D eigenvalue weighted by molar-refractivity contribution is 6.31. The number of hydrogen-bond donors (Lipinski definition) is 0. The third-order valence-electron chi connectivity index (χ3n) is 4.56. The number of rotatable bonds is 7. The first-order valence-corrected chi connectivity index (χ1v) is 9.46. The van der Waals surface area contributed by atoms with E-state index in [1.54, 1.807) is 11.9 Å². The molecule has 8 heteroatoms. The Morgan fingerprint density at radius 1 is 0.966 bits per heavy atom. The van der Waals surface area contributed by atoms with E-state index in [4.69, 9.17) is 11.6 Å². The molecular formula is C21H25ClF3N3O. The van der Waals surface area contributed by atoms with Gasteiger partial charge in [-0.1, -0.05) is 29.3 Å². The average molecular weight is 428 g/mol. The van der Waals surface area contributed by atoms with E-state index in [9.17, 15) is 18.0 Å². The lowest BCUT2D eigenvalue weighted by molar-refractivity contribution is -0.137. The standard InChI is InChI=1S/C21H25ClF3N3O/c1-15-5-7-16(8-6-15)27(4)20(29)14-28(12-11-26(2)3)17-9-10-19(22)18(13-17)21(23,24)25/h5-10,13H,11-12,14H2,1-4H3. The number of anilines is 2. The largest absolute Gasteiger partial charge is 0.417 e. The van der Waals surface area contributed by atoms with E-state index in [2.05, 4.69) is 0 Å². The summed E-state index contributed by atoms with van der Waals surface area (Å²) in [5.74, 6) is -0.226. The molecule has 0 N–H and O–H groups in total. The smallest absolute Gasteiger partial charge is 0.361 e. The van der Waals surface area contributed by atoms with E-state index < -0.39 is 11.7 Å². The normalized spacial score (nSPS) is 11.6. The van der Waals surface area contributed by atoms with Gasteiger partial charge >= 0.3 is 6.18 Å². The van der Waals surface area contributed by atoms with E-state index in [0.717, 1.165) is 17.3 Å². The molecule has 0 heterocycles. The number of amides is 1. The minimum Gasteiger partial charge on any atom is -0.361 e. The van der Waals surface area contributed by atoms with E-state index in [1.807, 2.05) is 50.2 Å². The Balaban J connectivity index is 2.28. The first kappa shape index (κ1) is 23.0. The van der Waals surface area contributed by atoms with Crippen LogP contribution in [0.3, 0.4) is 0 Å². The van der Waals surface area contributed by atoms with Crippen molar-refractivity contribution >= 4 is 28.9 Å². The highest BCUT2D eigenvalue weighted by Gasteiger charge is 2.34. The molecule has 0 aliphatic heterocycles. The van der Waals surface area contributed by atoms with Crippen molar-refractivity contribution in [2.75, 3.05) is 50.6 Å². The number of halogens is 4. The zero-order valence-electron chi connectivity index (χ0n) is 16.9. The van der Waals surface area contributed by atoms with Crippen molar-refractivity contribution in [3.8, 4) is 0 Å². The van der Waals surface area contributed by atoms with Crippen molar-refractivity contribution in [2.45, 2.75) is 13.1 Å². The topological polar surface area (TPSA) is 26.8 Å². The second-order valence-corrected chi connectivity index (χ2v) is 7.58. The highest BCUT2D eigenvalue weighted by Crippen LogP contribution is 2.37. The van der Waals surface area contributed by atoms with Gasteiger partial charge in [0.2, 0.25) is 5.91 Å². The molecule has 0 fully saturated rings. The number of aryl methyl sites for hydroxylation is 1. The van der Waals surface area contributed by atoms with E-state index in [0.29, 0.717) is 18.8 Å². The third kappa shape index (κ3) is 6.37. The van der Waals surface area contributed by atoms with Crippen LogP contribution in [0, 0.1) is 6.92 Å². The molecule has 0 aliphatic carbocycles. The maximum absolute atomic E-state index is 13.3. The Bertz CT molecular complexity index is 838. The fourth-order valence-electron chi connectivity index (χ4n) is 2.73. The van der Waals surface area contributed by atoms with Gasteiger partial charge in [-0.2, -0.15) is 13.2 Å². The summed E-state index contributed by atoms with van der Waals surface area (Å²) in [6, 6.07) is 11.2. The van der Waals surface area contributed by atoms with Crippen molar-refractivity contribution in [3.05, 3.63) is 58.6 Å². The van der Waals surface area contributed by atoms with Crippen molar-refractivity contribution in [1.29, 1.82) is 0 Å². The van der Waals surface area contributed by atoms with Gasteiger partial charge in [-0.3, -0.25) is 4.79 Å². The van der Waals surface area contributed by atoms with Gasteiger partial charge in [0.05, 0.1) is 17.1 Å². The molecular weight excluding hydrogens is 403 g/mol. The predicted octanol–water partition coefficient (Wildman–Crippen LogP) is 4.70. The summed E-state index contributed by atoms with van der Waals surface area (Å²) in [4.78, 5) is 17.9. The van der Waals surface area contributed by atoms with Crippen LogP contribution in [-0.4, -0.2) is 51.6 Å². The van der Waals surface area contributed by atoms with Crippen molar-refractivity contribution in [2.24, 2.45) is 0 Å². The Hall–Kier alpha value is -2.25. The van der Waals surface area contributed by atoms with Crippen molar-refractivity contribution in [1.82, 2.24) is 4.90 Å². The first-order valence-electron chi connectivity index (χ1n) is 9.08.